The van der Waals surface area contributed by atoms with Gasteiger partial charge >= 0.3 is 11.9 Å². The van der Waals surface area contributed by atoms with Crippen LogP contribution in [0, 0.1) is 18.2 Å². The first kappa shape index (κ1) is 16.4. The third kappa shape index (κ3) is 2.88. The zero-order valence-corrected chi connectivity index (χ0v) is 14.3. The lowest BCUT2D eigenvalue weighted by Crippen LogP contribution is -2.48. The lowest BCUT2D eigenvalue weighted by Gasteiger charge is -2.34. The number of nitrogens with zero attached hydrogens (tertiary/aromatic N) is 2. The Kier molecular flexibility index (Phi) is 3.38. The summed E-state index contributed by atoms with van der Waals surface area (Å²) < 4.78 is 74.8. The van der Waals surface area contributed by atoms with Gasteiger partial charge in [0.05, 0.1) is 20.6 Å². The monoisotopic (exact) mass is 411 g/mol. The molecule has 1 spiro atoms. The minimum atomic E-state index is -5.02. The number of halogens is 4. The molecule has 1 amide bonds. The summed E-state index contributed by atoms with van der Waals surface area (Å²) in [6.45, 7) is -2.68. The maximum Gasteiger partial charge on any atom is 0.431 e. The zero-order chi connectivity index (χ0) is 22.9. The summed E-state index contributed by atoms with van der Waals surface area (Å²) in [5.41, 5.74) is -7.31. The normalized spacial score (nSPS) is 18.4. The first-order valence-corrected chi connectivity index (χ1v) is 8.10. The van der Waals surface area contributed by atoms with Crippen molar-refractivity contribution >= 4 is 11.6 Å². The molecule has 2 aromatic rings. The second-order valence-electron chi connectivity index (χ2n) is 6.42. The second-order valence-corrected chi connectivity index (χ2v) is 6.42. The summed E-state index contributed by atoms with van der Waals surface area (Å²) in [6, 6.07) is 1.52. The Bertz CT molecular complexity index is 1260. The Morgan fingerprint density at radius 3 is 2.48 bits per heavy atom. The van der Waals surface area contributed by atoms with Gasteiger partial charge in [0.15, 0.2) is 11.4 Å². The van der Waals surface area contributed by atoms with Gasteiger partial charge in [0.2, 0.25) is 0 Å². The van der Waals surface area contributed by atoms with Gasteiger partial charge in [-0.05, 0) is 6.07 Å². The van der Waals surface area contributed by atoms with Gasteiger partial charge in [-0.2, -0.15) is 13.2 Å². The molecule has 0 radical (unpaired) electrons. The maximum atomic E-state index is 14.8. The molecule has 0 atom stereocenters. The van der Waals surface area contributed by atoms with Crippen molar-refractivity contribution in [2.75, 3.05) is 11.4 Å². The molecule has 29 heavy (non-hydrogen) atoms. The number of hydrogen-bond acceptors (Lipinski definition) is 4. The molecular formula is C18H11F4N3O4. The van der Waals surface area contributed by atoms with Gasteiger partial charge in [0.25, 0.3) is 11.5 Å². The van der Waals surface area contributed by atoms with Crippen LogP contribution in [0.3, 0.4) is 0 Å². The molecule has 4 rings (SSSR count). The van der Waals surface area contributed by atoms with Crippen LogP contribution in [0.25, 0.3) is 5.69 Å². The van der Waals surface area contributed by atoms with Crippen LogP contribution in [0.1, 0.15) is 21.3 Å². The third-order valence-corrected chi connectivity index (χ3v) is 4.53. The van der Waals surface area contributed by atoms with E-state index >= 15 is 0 Å². The van der Waals surface area contributed by atoms with Crippen molar-refractivity contribution in [1.29, 1.82) is 0 Å². The third-order valence-electron chi connectivity index (χ3n) is 4.53. The topological polar surface area (TPSA) is 84.4 Å². The van der Waals surface area contributed by atoms with Crippen LogP contribution >= 0.6 is 0 Å². The van der Waals surface area contributed by atoms with Crippen molar-refractivity contribution in [2.45, 2.75) is 24.6 Å². The Balaban J connectivity index is 1.95. The highest BCUT2D eigenvalue weighted by Gasteiger charge is 2.58. The zero-order valence-electron chi connectivity index (χ0n) is 16.3. The number of ether oxygens (including phenoxy) is 1. The average Bonchev–Trinajstić information content (AvgIpc) is 3.42. The van der Waals surface area contributed by atoms with Gasteiger partial charge in [0.1, 0.15) is 11.4 Å². The van der Waals surface area contributed by atoms with Crippen LogP contribution in [0.5, 0.6) is 5.75 Å². The van der Waals surface area contributed by atoms with Crippen LogP contribution in [0.15, 0.2) is 27.8 Å². The molecule has 7 nitrogen and oxygen atoms in total. The average molecular weight is 411 g/mol. The van der Waals surface area contributed by atoms with Crippen molar-refractivity contribution in [1.82, 2.24) is 9.55 Å². The van der Waals surface area contributed by atoms with Gasteiger partial charge in [-0.1, -0.05) is 5.92 Å². The highest BCUT2D eigenvalue weighted by Crippen LogP contribution is 2.49. The second kappa shape index (κ2) is 5.97. The highest BCUT2D eigenvalue weighted by molar-refractivity contribution is 6.05. The van der Waals surface area contributed by atoms with Gasteiger partial charge in [0, 0.05) is 25.0 Å². The van der Waals surface area contributed by atoms with Gasteiger partial charge < -0.3 is 9.72 Å². The predicted octanol–water partition coefficient (Wildman–Crippen LogP) is 1.57. The number of benzene rings is 1. The van der Waals surface area contributed by atoms with E-state index in [-0.39, 0.29) is 34.9 Å². The number of alkyl halides is 3. The quantitative estimate of drug-likeness (QED) is 0.601. The van der Waals surface area contributed by atoms with Crippen molar-refractivity contribution in [3.63, 3.8) is 0 Å². The number of terminal acetylenes is 1. The SMILES string of the molecule is [2H]C([2H])(C#C)N1C(=O)C2(CC2)Oc2cc(F)c(-n3c(=O)cc(C(F)(F)F)[nH]c3=O)cc21. The Labute approximate surface area is 162 Å². The number of rotatable bonds is 2. The number of carbonyl (C=O) groups excluding carboxylic acids is 1. The highest BCUT2D eigenvalue weighted by atomic mass is 19.4. The lowest BCUT2D eigenvalue weighted by molar-refractivity contribution is -0.141. The summed E-state index contributed by atoms with van der Waals surface area (Å²) in [6.07, 6.45) is 0.656. The molecule has 0 bridgehead atoms. The number of anilines is 1. The molecule has 1 fully saturated rings. The van der Waals surface area contributed by atoms with E-state index in [4.69, 9.17) is 13.9 Å². The molecule has 0 unspecified atom stereocenters. The van der Waals surface area contributed by atoms with Crippen molar-refractivity contribution < 1.29 is 29.8 Å². The summed E-state index contributed by atoms with van der Waals surface area (Å²) in [5.74, 6) is -0.537. The minimum absolute atomic E-state index is 0.0691. The fourth-order valence-corrected chi connectivity index (χ4v) is 3.01. The van der Waals surface area contributed by atoms with E-state index in [1.165, 1.54) is 4.98 Å². The number of aromatic nitrogens is 2. The number of hydrogen-bond donors (Lipinski definition) is 1. The molecule has 1 aromatic carbocycles. The molecule has 2 aliphatic rings. The number of H-pyrrole nitrogens is 1. The minimum Gasteiger partial charge on any atom is -0.475 e. The van der Waals surface area contributed by atoms with E-state index in [9.17, 15) is 31.9 Å². The van der Waals surface area contributed by atoms with Crippen LogP contribution in [-0.2, 0) is 11.0 Å². The number of nitrogens with one attached hydrogen (secondary N) is 1. The summed E-state index contributed by atoms with van der Waals surface area (Å²) in [5, 5.41) is 0. The van der Waals surface area contributed by atoms with Crippen LogP contribution in [-0.4, -0.2) is 27.6 Å². The number of fused-ring (bicyclic) bond motifs is 1. The van der Waals surface area contributed by atoms with E-state index in [0.29, 0.717) is 11.0 Å². The number of amides is 1. The molecule has 1 N–H and O–H groups in total. The van der Waals surface area contributed by atoms with Gasteiger partial charge in [-0.15, -0.1) is 6.42 Å². The van der Waals surface area contributed by atoms with E-state index in [1.54, 1.807) is 5.92 Å². The molecule has 150 valence electrons. The molecule has 1 aliphatic heterocycles. The molecule has 0 saturated heterocycles. The number of aromatic amines is 1. The van der Waals surface area contributed by atoms with Crippen LogP contribution in [0.2, 0.25) is 0 Å². The molecular weight excluding hydrogens is 398 g/mol. The molecule has 1 aliphatic carbocycles. The molecule has 2 heterocycles. The van der Waals surface area contributed by atoms with E-state index < -0.39 is 52.6 Å². The van der Waals surface area contributed by atoms with Crippen molar-refractivity contribution in [2.24, 2.45) is 0 Å². The Hall–Kier alpha value is -3.55. The van der Waals surface area contributed by atoms with Crippen molar-refractivity contribution in [3.8, 4) is 23.8 Å². The first-order valence-electron chi connectivity index (χ1n) is 9.10. The van der Waals surface area contributed by atoms with Gasteiger partial charge in [-0.3, -0.25) is 14.5 Å². The molecule has 11 heteroatoms. The lowest BCUT2D eigenvalue weighted by atomic mass is 10.1. The largest absolute Gasteiger partial charge is 0.475 e. The first-order chi connectivity index (χ1) is 14.3. The van der Waals surface area contributed by atoms with Crippen LogP contribution in [0.4, 0.5) is 23.2 Å². The maximum absolute atomic E-state index is 14.8. The fraction of sp³-hybridized carbons (Fsp3) is 0.278. The smallest absolute Gasteiger partial charge is 0.431 e. The van der Waals surface area contributed by atoms with E-state index in [1.807, 2.05) is 0 Å². The fourth-order valence-electron chi connectivity index (χ4n) is 3.01. The molecule has 1 aromatic heterocycles. The van der Waals surface area contributed by atoms with Gasteiger partial charge in [-0.25, -0.2) is 13.8 Å². The predicted molar refractivity (Wildman–Crippen MR) is 91.4 cm³/mol. The Morgan fingerprint density at radius 1 is 1.24 bits per heavy atom. The Morgan fingerprint density at radius 2 is 1.93 bits per heavy atom. The summed E-state index contributed by atoms with van der Waals surface area (Å²) in [7, 11) is 0. The van der Waals surface area contributed by atoms with Crippen molar-refractivity contribution in [3.05, 3.63) is 50.5 Å². The number of carbonyl (C=O) groups is 1. The summed E-state index contributed by atoms with van der Waals surface area (Å²) in [4.78, 5) is 39.2. The molecule has 1 saturated carbocycles. The van der Waals surface area contributed by atoms with Crippen LogP contribution < -0.4 is 20.9 Å². The van der Waals surface area contributed by atoms with E-state index in [0.717, 1.165) is 6.07 Å². The van der Waals surface area contributed by atoms with E-state index in [2.05, 4.69) is 0 Å². The standard InChI is InChI=1S/C18H11F4N3O4/c1-2-5-24-11-7-10(9(19)6-12(11)29-17(3-4-17)15(24)27)25-14(26)8-13(18(20,21)22)23-16(25)28/h1,6-8H,3-5H2,(H,23,28)/i5D2. The summed E-state index contributed by atoms with van der Waals surface area (Å²) >= 11 is 0.